The molecule has 2 aromatic heterocycles. The molecular formula is C15H16N6. The molecule has 21 heavy (non-hydrogen) atoms. The largest absolute Gasteiger partial charge is 0.385 e. The van der Waals surface area contributed by atoms with Gasteiger partial charge in [-0.2, -0.15) is 0 Å². The first-order valence-electron chi connectivity index (χ1n) is 7.15. The molecule has 1 aromatic carbocycles. The highest BCUT2D eigenvalue weighted by Crippen LogP contribution is 2.26. The van der Waals surface area contributed by atoms with Crippen LogP contribution < -0.4 is 10.6 Å². The number of anilines is 2. The van der Waals surface area contributed by atoms with E-state index in [9.17, 15) is 0 Å². The second kappa shape index (κ2) is 5.05. The smallest absolute Gasteiger partial charge is 0.203 e. The van der Waals surface area contributed by atoms with E-state index in [1.54, 1.807) is 12.5 Å². The lowest BCUT2D eigenvalue weighted by atomic mass is 9.97. The van der Waals surface area contributed by atoms with E-state index in [1.165, 1.54) is 23.2 Å². The van der Waals surface area contributed by atoms with Crippen LogP contribution in [0.15, 0.2) is 36.9 Å². The molecule has 0 aliphatic carbocycles. The Labute approximate surface area is 122 Å². The quantitative estimate of drug-likeness (QED) is 0.769. The number of benzene rings is 1. The van der Waals surface area contributed by atoms with Crippen LogP contribution >= 0.6 is 0 Å². The maximum Gasteiger partial charge on any atom is 0.203 e. The molecule has 0 saturated heterocycles. The molecule has 0 fully saturated rings. The Morgan fingerprint density at radius 1 is 1.33 bits per heavy atom. The standard InChI is InChI=1S/C15H16N6/c1-3-11(12-4-2-6-16-13(12)5-1)9-18-14-15-20-19-10-21(15)8-7-17-14/h1,3,5,7-8,10,16H,2,4,6,9H2,(H,17,18). The van der Waals surface area contributed by atoms with Gasteiger partial charge >= 0.3 is 0 Å². The van der Waals surface area contributed by atoms with Crippen LogP contribution in [0, 0.1) is 0 Å². The van der Waals surface area contributed by atoms with Crippen molar-refractivity contribution in [1.82, 2.24) is 19.6 Å². The third-order valence-corrected chi connectivity index (χ3v) is 3.85. The van der Waals surface area contributed by atoms with Crippen molar-refractivity contribution in [2.75, 3.05) is 17.2 Å². The zero-order chi connectivity index (χ0) is 14.1. The van der Waals surface area contributed by atoms with Crippen molar-refractivity contribution in [1.29, 1.82) is 0 Å². The summed E-state index contributed by atoms with van der Waals surface area (Å²) >= 11 is 0. The number of nitrogens with zero attached hydrogens (tertiary/aromatic N) is 4. The Balaban J connectivity index is 1.61. The average molecular weight is 280 g/mol. The minimum Gasteiger partial charge on any atom is -0.385 e. The highest BCUT2D eigenvalue weighted by molar-refractivity contribution is 5.62. The van der Waals surface area contributed by atoms with Crippen molar-refractivity contribution < 1.29 is 0 Å². The first kappa shape index (κ1) is 12.1. The highest BCUT2D eigenvalue weighted by Gasteiger charge is 2.12. The average Bonchev–Trinajstić information content (AvgIpc) is 3.02. The molecule has 0 amide bonds. The molecule has 0 spiro atoms. The van der Waals surface area contributed by atoms with E-state index < -0.39 is 0 Å². The van der Waals surface area contributed by atoms with E-state index in [2.05, 4.69) is 44.0 Å². The van der Waals surface area contributed by atoms with Crippen LogP contribution in [0.3, 0.4) is 0 Å². The Bertz CT molecular complexity index is 779. The second-order valence-electron chi connectivity index (χ2n) is 5.16. The van der Waals surface area contributed by atoms with Crippen LogP contribution in [-0.4, -0.2) is 26.1 Å². The van der Waals surface area contributed by atoms with E-state index >= 15 is 0 Å². The van der Waals surface area contributed by atoms with Crippen LogP contribution in [0.2, 0.25) is 0 Å². The summed E-state index contributed by atoms with van der Waals surface area (Å²) in [6, 6.07) is 6.41. The molecule has 106 valence electrons. The van der Waals surface area contributed by atoms with Crippen molar-refractivity contribution in [2.24, 2.45) is 0 Å². The molecule has 4 rings (SSSR count). The van der Waals surface area contributed by atoms with Crippen LogP contribution in [0.4, 0.5) is 11.5 Å². The van der Waals surface area contributed by atoms with Gasteiger partial charge in [0.2, 0.25) is 5.65 Å². The topological polar surface area (TPSA) is 67.1 Å². The van der Waals surface area contributed by atoms with Gasteiger partial charge in [0.1, 0.15) is 6.33 Å². The lowest BCUT2D eigenvalue weighted by molar-refractivity contribution is 0.817. The molecule has 0 radical (unpaired) electrons. The minimum absolute atomic E-state index is 0.740. The third kappa shape index (κ3) is 2.18. The van der Waals surface area contributed by atoms with Crippen LogP contribution in [0.25, 0.3) is 5.65 Å². The number of hydrogen-bond acceptors (Lipinski definition) is 5. The van der Waals surface area contributed by atoms with Crippen molar-refractivity contribution >= 4 is 17.2 Å². The fourth-order valence-electron chi connectivity index (χ4n) is 2.81. The molecular weight excluding hydrogens is 264 g/mol. The van der Waals surface area contributed by atoms with E-state index in [0.717, 1.165) is 31.0 Å². The third-order valence-electron chi connectivity index (χ3n) is 3.85. The van der Waals surface area contributed by atoms with Crippen LogP contribution in [0.1, 0.15) is 17.5 Å². The number of nitrogens with one attached hydrogen (secondary N) is 2. The molecule has 0 atom stereocenters. The van der Waals surface area contributed by atoms with Crippen molar-refractivity contribution in [3.8, 4) is 0 Å². The Morgan fingerprint density at radius 2 is 2.33 bits per heavy atom. The van der Waals surface area contributed by atoms with Gasteiger partial charge in [0.25, 0.3) is 0 Å². The summed E-state index contributed by atoms with van der Waals surface area (Å²) in [5.41, 5.74) is 4.72. The Hall–Kier alpha value is -2.63. The van der Waals surface area contributed by atoms with Gasteiger partial charge in [0.05, 0.1) is 0 Å². The lowest BCUT2D eigenvalue weighted by Crippen LogP contribution is -2.15. The van der Waals surface area contributed by atoms with E-state index in [4.69, 9.17) is 0 Å². The molecule has 6 heteroatoms. The lowest BCUT2D eigenvalue weighted by Gasteiger charge is -2.21. The predicted molar refractivity (Wildman–Crippen MR) is 81.4 cm³/mol. The maximum absolute atomic E-state index is 4.36. The summed E-state index contributed by atoms with van der Waals surface area (Å²) in [6.45, 7) is 1.80. The van der Waals surface area contributed by atoms with E-state index in [0.29, 0.717) is 0 Å². The van der Waals surface area contributed by atoms with Gasteiger partial charge in [0.15, 0.2) is 5.82 Å². The summed E-state index contributed by atoms with van der Waals surface area (Å²) in [5.74, 6) is 0.761. The number of aromatic nitrogens is 4. The fourth-order valence-corrected chi connectivity index (χ4v) is 2.81. The zero-order valence-corrected chi connectivity index (χ0v) is 11.6. The van der Waals surface area contributed by atoms with Gasteiger partial charge < -0.3 is 10.6 Å². The Kier molecular flexibility index (Phi) is 2.92. The molecule has 6 nitrogen and oxygen atoms in total. The normalized spacial score (nSPS) is 13.7. The fraction of sp³-hybridized carbons (Fsp3) is 0.267. The number of rotatable bonds is 3. The first-order valence-corrected chi connectivity index (χ1v) is 7.15. The monoisotopic (exact) mass is 280 g/mol. The summed E-state index contributed by atoms with van der Waals surface area (Å²) in [7, 11) is 0. The Morgan fingerprint density at radius 3 is 3.33 bits per heavy atom. The molecule has 1 aliphatic rings. The van der Waals surface area contributed by atoms with Gasteiger partial charge in [-0.15, -0.1) is 10.2 Å². The first-order chi connectivity index (χ1) is 10.4. The number of hydrogen-bond donors (Lipinski definition) is 2. The maximum atomic E-state index is 4.36. The molecule has 0 saturated carbocycles. The van der Waals surface area contributed by atoms with Crippen LogP contribution in [0.5, 0.6) is 0 Å². The van der Waals surface area contributed by atoms with E-state index in [1.807, 2.05) is 10.6 Å². The predicted octanol–water partition coefficient (Wildman–Crippen LogP) is 2.09. The minimum atomic E-state index is 0.740. The van der Waals surface area contributed by atoms with Crippen molar-refractivity contribution in [2.45, 2.75) is 19.4 Å². The number of fused-ring (bicyclic) bond motifs is 2. The summed E-state index contributed by atoms with van der Waals surface area (Å²) in [5, 5.41) is 14.8. The van der Waals surface area contributed by atoms with Gasteiger partial charge in [-0.1, -0.05) is 12.1 Å². The molecule has 1 aliphatic heterocycles. The van der Waals surface area contributed by atoms with Gasteiger partial charge in [0, 0.05) is 31.2 Å². The summed E-state index contributed by atoms with van der Waals surface area (Å²) in [6.07, 6.45) is 7.58. The van der Waals surface area contributed by atoms with E-state index in [-0.39, 0.29) is 0 Å². The van der Waals surface area contributed by atoms with Gasteiger partial charge in [-0.05, 0) is 30.0 Å². The van der Waals surface area contributed by atoms with Gasteiger partial charge in [-0.3, -0.25) is 4.40 Å². The molecule has 3 aromatic rings. The van der Waals surface area contributed by atoms with Crippen molar-refractivity contribution in [3.63, 3.8) is 0 Å². The SMILES string of the molecule is c1cc(CNc2nccn3cnnc23)c2c(c1)NCCC2. The van der Waals surface area contributed by atoms with Gasteiger partial charge in [-0.25, -0.2) is 4.98 Å². The molecule has 2 N–H and O–H groups in total. The van der Waals surface area contributed by atoms with Crippen molar-refractivity contribution in [3.05, 3.63) is 48.0 Å². The van der Waals surface area contributed by atoms with Crippen LogP contribution in [-0.2, 0) is 13.0 Å². The summed E-state index contributed by atoms with van der Waals surface area (Å²) < 4.78 is 1.86. The zero-order valence-electron chi connectivity index (χ0n) is 11.6. The molecule has 3 heterocycles. The molecule has 0 unspecified atom stereocenters. The highest BCUT2D eigenvalue weighted by atomic mass is 15.2. The second-order valence-corrected chi connectivity index (χ2v) is 5.16. The summed E-state index contributed by atoms with van der Waals surface area (Å²) in [4.78, 5) is 4.36. The molecule has 0 bridgehead atoms.